The summed E-state index contributed by atoms with van der Waals surface area (Å²) in [6.07, 6.45) is 6.49. The Kier molecular flexibility index (Phi) is 11.1. The molecule has 0 unspecified atom stereocenters. The fourth-order valence-electron chi connectivity index (χ4n) is 3.84. The fraction of sp³-hybridized carbons (Fsp3) is 0.345. The van der Waals surface area contributed by atoms with E-state index in [0.717, 1.165) is 12.8 Å². The summed E-state index contributed by atoms with van der Waals surface area (Å²) in [5.74, 6) is 0.824. The van der Waals surface area contributed by atoms with Gasteiger partial charge in [-0.15, -0.1) is 0 Å². The number of allylic oxidation sites excluding steroid dienone is 2. The summed E-state index contributed by atoms with van der Waals surface area (Å²) >= 11 is 0. The Morgan fingerprint density at radius 1 is 0.897 bits per heavy atom. The third kappa shape index (κ3) is 8.98. The number of nitrogens with two attached hydrogens (primary N) is 1. The molecule has 2 aromatic carbocycles. The number of rotatable bonds is 12. The largest absolute Gasteiger partial charge is 0.493 e. The molecule has 0 spiro atoms. The summed E-state index contributed by atoms with van der Waals surface area (Å²) in [6, 6.07) is 10.1. The molecule has 2 aromatic rings. The average Bonchev–Trinajstić information content (AvgIpc) is 2.94. The highest BCUT2D eigenvalue weighted by Crippen LogP contribution is 2.30. The molecule has 1 aliphatic rings. The van der Waals surface area contributed by atoms with Gasteiger partial charge in [-0.1, -0.05) is 24.3 Å². The smallest absolute Gasteiger partial charge is 0.415 e. The maximum absolute atomic E-state index is 12.5. The van der Waals surface area contributed by atoms with Crippen LogP contribution in [0.15, 0.2) is 48.6 Å². The van der Waals surface area contributed by atoms with Crippen molar-refractivity contribution in [3.05, 3.63) is 59.7 Å². The van der Waals surface area contributed by atoms with Crippen LogP contribution >= 0.6 is 0 Å². The fourth-order valence-corrected chi connectivity index (χ4v) is 3.84. The van der Waals surface area contributed by atoms with E-state index in [1.165, 1.54) is 26.4 Å². The van der Waals surface area contributed by atoms with E-state index >= 15 is 0 Å². The zero-order chi connectivity index (χ0) is 28.2. The topological polar surface area (TPSA) is 138 Å². The first-order valence-corrected chi connectivity index (χ1v) is 12.6. The van der Waals surface area contributed by atoms with Crippen molar-refractivity contribution in [1.29, 1.82) is 0 Å². The lowest BCUT2D eigenvalue weighted by atomic mass is 10.1. The van der Waals surface area contributed by atoms with Crippen molar-refractivity contribution >= 4 is 29.8 Å². The Labute approximate surface area is 227 Å². The van der Waals surface area contributed by atoms with Crippen LogP contribution in [0.2, 0.25) is 0 Å². The van der Waals surface area contributed by atoms with Crippen LogP contribution in [-0.2, 0) is 9.59 Å². The standard InChI is InChI=1S/C29H34N2O8/c1-36-27-17-20(5-9-25(27)38-16-15-32)3-7-23(33)19-24(34)8-4-21-6-10-26(28(18-21)37-2)39-29(35)31-13-11-22(30)12-14-31/h3-10,17-18,22,32H,11-16,19,30H2,1-2H3. The number of ether oxygens (including phenoxy) is 4. The Morgan fingerprint density at radius 3 is 1.97 bits per heavy atom. The van der Waals surface area contributed by atoms with Gasteiger partial charge in [0.25, 0.3) is 0 Å². The molecule has 3 N–H and O–H groups in total. The Hall–Kier alpha value is -4.15. The highest BCUT2D eigenvalue weighted by Gasteiger charge is 2.23. The molecule has 10 heteroatoms. The van der Waals surface area contributed by atoms with Crippen LogP contribution in [-0.4, -0.2) is 74.2 Å². The van der Waals surface area contributed by atoms with Gasteiger partial charge in [0.15, 0.2) is 34.6 Å². The lowest BCUT2D eigenvalue weighted by Crippen LogP contribution is -2.44. The second-order valence-corrected chi connectivity index (χ2v) is 8.86. The van der Waals surface area contributed by atoms with Crippen LogP contribution in [0.25, 0.3) is 12.2 Å². The number of methoxy groups -OCH3 is 2. The number of aliphatic hydroxyl groups is 1. The van der Waals surface area contributed by atoms with Crippen LogP contribution in [0, 0.1) is 0 Å². The maximum Gasteiger partial charge on any atom is 0.415 e. The van der Waals surface area contributed by atoms with Crippen molar-refractivity contribution in [3.63, 3.8) is 0 Å². The Morgan fingerprint density at radius 2 is 1.44 bits per heavy atom. The molecule has 1 fully saturated rings. The Balaban J connectivity index is 1.55. The number of nitrogens with zero attached hydrogens (tertiary/aromatic N) is 1. The molecule has 0 saturated carbocycles. The number of hydrogen-bond donors (Lipinski definition) is 2. The van der Waals surface area contributed by atoms with Gasteiger partial charge in [-0.25, -0.2) is 4.79 Å². The number of ketones is 2. The second kappa shape index (κ2) is 14.7. The lowest BCUT2D eigenvalue weighted by Gasteiger charge is -2.29. The van der Waals surface area contributed by atoms with Gasteiger partial charge in [0.1, 0.15) is 6.61 Å². The number of hydrogen-bond acceptors (Lipinski definition) is 9. The number of piperidine rings is 1. The zero-order valence-electron chi connectivity index (χ0n) is 22.1. The van der Waals surface area contributed by atoms with E-state index in [1.54, 1.807) is 53.5 Å². The first-order valence-electron chi connectivity index (χ1n) is 12.6. The number of amides is 1. The number of carbonyl (C=O) groups excluding carboxylic acids is 3. The van der Waals surface area contributed by atoms with Gasteiger partial charge < -0.3 is 34.7 Å². The van der Waals surface area contributed by atoms with E-state index in [-0.39, 0.29) is 43.0 Å². The molecule has 10 nitrogen and oxygen atoms in total. The molecule has 1 saturated heterocycles. The van der Waals surface area contributed by atoms with E-state index in [4.69, 9.17) is 29.8 Å². The maximum atomic E-state index is 12.5. The molecule has 0 aliphatic carbocycles. The van der Waals surface area contributed by atoms with Gasteiger partial charge in [0, 0.05) is 19.1 Å². The van der Waals surface area contributed by atoms with E-state index in [9.17, 15) is 14.4 Å². The first kappa shape index (κ1) is 29.4. The predicted molar refractivity (Wildman–Crippen MR) is 146 cm³/mol. The van der Waals surface area contributed by atoms with Gasteiger partial charge in [-0.05, 0) is 60.4 Å². The van der Waals surface area contributed by atoms with Gasteiger partial charge in [0.2, 0.25) is 0 Å². The second-order valence-electron chi connectivity index (χ2n) is 8.86. The molecule has 0 atom stereocenters. The van der Waals surface area contributed by atoms with Crippen LogP contribution in [0.5, 0.6) is 23.0 Å². The Bertz CT molecular complexity index is 1220. The monoisotopic (exact) mass is 538 g/mol. The van der Waals surface area contributed by atoms with E-state index in [1.807, 2.05) is 0 Å². The normalized spacial score (nSPS) is 14.0. The number of aliphatic hydroxyl groups excluding tert-OH is 1. The summed E-state index contributed by atoms with van der Waals surface area (Å²) in [5.41, 5.74) is 7.22. The molecule has 0 bridgehead atoms. The van der Waals surface area contributed by atoms with Crippen molar-refractivity contribution in [3.8, 4) is 23.0 Å². The van der Waals surface area contributed by atoms with Crippen molar-refractivity contribution in [2.75, 3.05) is 40.5 Å². The van der Waals surface area contributed by atoms with Gasteiger partial charge in [-0.3, -0.25) is 9.59 Å². The highest BCUT2D eigenvalue weighted by molar-refractivity contribution is 6.10. The van der Waals surface area contributed by atoms with Gasteiger partial charge >= 0.3 is 6.09 Å². The third-order valence-electron chi connectivity index (χ3n) is 5.99. The molecule has 39 heavy (non-hydrogen) atoms. The molecule has 1 aliphatic heterocycles. The summed E-state index contributed by atoms with van der Waals surface area (Å²) in [7, 11) is 2.95. The summed E-state index contributed by atoms with van der Waals surface area (Å²) in [5, 5.41) is 8.90. The molecule has 3 rings (SSSR count). The van der Waals surface area contributed by atoms with Crippen LogP contribution in [0.4, 0.5) is 4.79 Å². The molecule has 0 radical (unpaired) electrons. The molecule has 208 valence electrons. The van der Waals surface area contributed by atoms with Crippen LogP contribution in [0.3, 0.4) is 0 Å². The summed E-state index contributed by atoms with van der Waals surface area (Å²) in [4.78, 5) is 38.7. The minimum atomic E-state index is -0.463. The molecular weight excluding hydrogens is 504 g/mol. The molecule has 1 heterocycles. The van der Waals surface area contributed by atoms with E-state index in [2.05, 4.69) is 0 Å². The number of likely N-dealkylation sites (tertiary alicyclic amines) is 1. The zero-order valence-corrected chi connectivity index (χ0v) is 22.1. The van der Waals surface area contributed by atoms with E-state index in [0.29, 0.717) is 41.5 Å². The highest BCUT2D eigenvalue weighted by atomic mass is 16.6. The van der Waals surface area contributed by atoms with Crippen molar-refractivity contribution in [2.45, 2.75) is 25.3 Å². The predicted octanol–water partition coefficient (Wildman–Crippen LogP) is 3.25. The lowest BCUT2D eigenvalue weighted by molar-refractivity contribution is -0.121. The molecule has 0 aromatic heterocycles. The molecule has 1 amide bonds. The summed E-state index contributed by atoms with van der Waals surface area (Å²) in [6.45, 7) is 1.10. The molecular formula is C29H34N2O8. The van der Waals surface area contributed by atoms with Crippen molar-refractivity contribution in [1.82, 2.24) is 4.90 Å². The van der Waals surface area contributed by atoms with Crippen molar-refractivity contribution in [2.24, 2.45) is 5.73 Å². The van der Waals surface area contributed by atoms with Crippen LogP contribution < -0.4 is 24.7 Å². The first-order chi connectivity index (χ1) is 18.8. The van der Waals surface area contributed by atoms with Gasteiger partial charge in [-0.2, -0.15) is 0 Å². The van der Waals surface area contributed by atoms with Gasteiger partial charge in [0.05, 0.1) is 27.2 Å². The minimum absolute atomic E-state index is 0.101. The van der Waals surface area contributed by atoms with Crippen LogP contribution in [0.1, 0.15) is 30.4 Å². The summed E-state index contributed by atoms with van der Waals surface area (Å²) < 4.78 is 21.5. The van der Waals surface area contributed by atoms with Crippen molar-refractivity contribution < 1.29 is 38.4 Å². The van der Waals surface area contributed by atoms with E-state index < -0.39 is 6.09 Å². The minimum Gasteiger partial charge on any atom is -0.493 e. The number of carbonyl (C=O) groups is 3. The third-order valence-corrected chi connectivity index (χ3v) is 5.99. The average molecular weight is 539 g/mol. The number of benzene rings is 2. The SMILES string of the molecule is COc1cc(C=CC(=O)CC(=O)C=Cc2ccc(OC(=O)N3CCC(N)CC3)c(OC)c2)ccc1OCCO. The quantitative estimate of drug-likeness (QED) is 0.308.